The van der Waals surface area contributed by atoms with E-state index < -0.39 is 0 Å². The maximum absolute atomic E-state index is 14.2. The van der Waals surface area contributed by atoms with Gasteiger partial charge in [0.1, 0.15) is 11.6 Å². The lowest BCUT2D eigenvalue weighted by atomic mass is 10.2. The number of benzene rings is 2. The van der Waals surface area contributed by atoms with E-state index in [1.165, 1.54) is 6.07 Å². The van der Waals surface area contributed by atoms with E-state index in [9.17, 15) is 4.39 Å². The summed E-state index contributed by atoms with van der Waals surface area (Å²) in [6.07, 6.45) is 3.13. The topological polar surface area (TPSA) is 17.8 Å². The van der Waals surface area contributed by atoms with E-state index in [4.69, 9.17) is 4.98 Å². The van der Waals surface area contributed by atoms with Gasteiger partial charge in [-0.15, -0.1) is 0 Å². The van der Waals surface area contributed by atoms with Crippen molar-refractivity contribution in [1.29, 1.82) is 0 Å². The number of para-hydroxylation sites is 2. The predicted molar refractivity (Wildman–Crippen MR) is 91.5 cm³/mol. The number of imidazole rings is 1. The molecule has 2 aromatic carbocycles. The Hall–Kier alpha value is -1.68. The molecule has 0 saturated carbocycles. The molecule has 4 heteroatoms. The minimum atomic E-state index is -0.186. The van der Waals surface area contributed by atoms with Crippen LogP contribution < -0.4 is 0 Å². The molecule has 0 radical (unpaired) electrons. The molecule has 0 saturated heterocycles. The molecule has 0 amide bonds. The molecule has 0 aliphatic heterocycles. The van der Waals surface area contributed by atoms with Crippen molar-refractivity contribution in [1.82, 2.24) is 9.55 Å². The van der Waals surface area contributed by atoms with Crippen molar-refractivity contribution in [3.05, 3.63) is 64.1 Å². The molecule has 0 N–H and O–H groups in total. The van der Waals surface area contributed by atoms with Gasteiger partial charge in [-0.25, -0.2) is 9.37 Å². The fourth-order valence-corrected chi connectivity index (χ4v) is 2.98. The van der Waals surface area contributed by atoms with Gasteiger partial charge in [-0.3, -0.25) is 0 Å². The van der Waals surface area contributed by atoms with Gasteiger partial charge < -0.3 is 4.57 Å². The van der Waals surface area contributed by atoms with Crippen LogP contribution in [-0.4, -0.2) is 9.55 Å². The van der Waals surface area contributed by atoms with Crippen molar-refractivity contribution in [3.63, 3.8) is 0 Å². The Labute approximate surface area is 138 Å². The Kier molecular flexibility index (Phi) is 4.57. The molecule has 0 aliphatic rings. The number of aromatic nitrogens is 2. The zero-order valence-corrected chi connectivity index (χ0v) is 14.1. The zero-order chi connectivity index (χ0) is 15.5. The van der Waals surface area contributed by atoms with Gasteiger partial charge in [-0.1, -0.05) is 47.5 Å². The molecular weight excluding hydrogens is 343 g/mol. The van der Waals surface area contributed by atoms with Crippen molar-refractivity contribution in [2.24, 2.45) is 0 Å². The highest BCUT2D eigenvalue weighted by molar-refractivity contribution is 9.10. The number of aryl methyl sites for hydroxylation is 1. The van der Waals surface area contributed by atoms with Gasteiger partial charge in [-0.05, 0) is 30.7 Å². The lowest BCUT2D eigenvalue weighted by Crippen LogP contribution is -2.07. The average molecular weight is 361 g/mol. The van der Waals surface area contributed by atoms with Crippen LogP contribution in [0.15, 0.2) is 46.9 Å². The van der Waals surface area contributed by atoms with Crippen molar-refractivity contribution in [3.8, 4) is 0 Å². The first kappa shape index (κ1) is 15.2. The van der Waals surface area contributed by atoms with Gasteiger partial charge in [0, 0.05) is 16.5 Å². The summed E-state index contributed by atoms with van der Waals surface area (Å²) in [5.74, 6) is 0.846. The van der Waals surface area contributed by atoms with Crippen LogP contribution in [-0.2, 0) is 13.0 Å². The van der Waals surface area contributed by atoms with Crippen LogP contribution >= 0.6 is 15.9 Å². The van der Waals surface area contributed by atoms with Gasteiger partial charge in [0.05, 0.1) is 17.6 Å². The van der Waals surface area contributed by atoms with Gasteiger partial charge in [0.25, 0.3) is 0 Å². The molecular formula is C18H18BrFN2. The van der Waals surface area contributed by atoms with Crippen molar-refractivity contribution in [2.75, 3.05) is 0 Å². The summed E-state index contributed by atoms with van der Waals surface area (Å²) in [4.78, 5) is 4.72. The number of hydrogen-bond donors (Lipinski definition) is 0. The van der Waals surface area contributed by atoms with E-state index in [0.29, 0.717) is 12.1 Å². The lowest BCUT2D eigenvalue weighted by Gasteiger charge is -2.10. The minimum absolute atomic E-state index is 0.186. The molecule has 3 aromatic rings. The van der Waals surface area contributed by atoms with E-state index in [1.807, 2.05) is 30.3 Å². The van der Waals surface area contributed by atoms with Crippen LogP contribution in [0.4, 0.5) is 4.39 Å². The maximum atomic E-state index is 14.2. The summed E-state index contributed by atoms with van der Waals surface area (Å²) < 4.78 is 17.1. The maximum Gasteiger partial charge on any atom is 0.129 e. The molecule has 1 aromatic heterocycles. The monoisotopic (exact) mass is 360 g/mol. The van der Waals surface area contributed by atoms with Gasteiger partial charge in [0.2, 0.25) is 0 Å². The third-order valence-electron chi connectivity index (χ3n) is 3.83. The Bertz CT molecular complexity index is 795. The number of halogens is 2. The van der Waals surface area contributed by atoms with Crippen LogP contribution in [0.5, 0.6) is 0 Å². The van der Waals surface area contributed by atoms with Gasteiger partial charge in [-0.2, -0.15) is 0 Å². The SMILES string of the molecule is CCCCc1nc2ccccc2n1Cc1ccc(Br)cc1F. The highest BCUT2D eigenvalue weighted by Gasteiger charge is 2.12. The first-order valence-electron chi connectivity index (χ1n) is 7.57. The predicted octanol–water partition coefficient (Wildman–Crippen LogP) is 5.33. The normalized spacial score (nSPS) is 11.2. The number of hydrogen-bond acceptors (Lipinski definition) is 1. The Balaban J connectivity index is 2.03. The molecule has 0 spiro atoms. The quantitative estimate of drug-likeness (QED) is 0.601. The molecule has 0 unspecified atom stereocenters. The van der Waals surface area contributed by atoms with E-state index in [-0.39, 0.29) is 5.82 Å². The second-order valence-corrected chi connectivity index (χ2v) is 6.36. The molecule has 0 aliphatic carbocycles. The van der Waals surface area contributed by atoms with E-state index in [1.54, 1.807) is 0 Å². The molecule has 114 valence electrons. The van der Waals surface area contributed by atoms with Crippen molar-refractivity contribution >= 4 is 27.0 Å². The van der Waals surface area contributed by atoms with E-state index in [2.05, 4.69) is 33.5 Å². The molecule has 3 rings (SSSR count). The third-order valence-corrected chi connectivity index (χ3v) is 4.32. The Morgan fingerprint density at radius 2 is 2.00 bits per heavy atom. The zero-order valence-electron chi connectivity index (χ0n) is 12.5. The Morgan fingerprint density at radius 1 is 1.18 bits per heavy atom. The summed E-state index contributed by atoms with van der Waals surface area (Å²) in [5.41, 5.74) is 2.73. The summed E-state index contributed by atoms with van der Waals surface area (Å²) in [7, 11) is 0. The fraction of sp³-hybridized carbons (Fsp3) is 0.278. The summed E-state index contributed by atoms with van der Waals surface area (Å²) in [6, 6.07) is 13.3. The van der Waals surface area contributed by atoms with Crippen LogP contribution in [0, 0.1) is 5.82 Å². The average Bonchev–Trinajstić information content (AvgIpc) is 2.86. The number of rotatable bonds is 5. The van der Waals surface area contributed by atoms with E-state index >= 15 is 0 Å². The van der Waals surface area contributed by atoms with Crippen LogP contribution in [0.1, 0.15) is 31.2 Å². The lowest BCUT2D eigenvalue weighted by molar-refractivity contribution is 0.594. The molecule has 2 nitrogen and oxygen atoms in total. The van der Waals surface area contributed by atoms with Gasteiger partial charge >= 0.3 is 0 Å². The number of nitrogens with zero attached hydrogens (tertiary/aromatic N) is 2. The standard InChI is InChI=1S/C18H18BrFN2/c1-2-3-8-18-21-16-6-4-5-7-17(16)22(18)12-13-9-10-14(19)11-15(13)20/h4-7,9-11H,2-3,8,12H2,1H3. The fourth-order valence-electron chi connectivity index (χ4n) is 2.65. The molecule has 22 heavy (non-hydrogen) atoms. The number of fused-ring (bicyclic) bond motifs is 1. The minimum Gasteiger partial charge on any atom is -0.323 e. The largest absolute Gasteiger partial charge is 0.323 e. The second kappa shape index (κ2) is 6.61. The molecule has 0 bridgehead atoms. The first-order chi connectivity index (χ1) is 10.7. The first-order valence-corrected chi connectivity index (χ1v) is 8.36. The summed E-state index contributed by atoms with van der Waals surface area (Å²) in [6.45, 7) is 2.68. The summed E-state index contributed by atoms with van der Waals surface area (Å²) >= 11 is 3.30. The van der Waals surface area contributed by atoms with Crippen LogP contribution in [0.2, 0.25) is 0 Å². The second-order valence-electron chi connectivity index (χ2n) is 5.44. The third kappa shape index (κ3) is 3.07. The van der Waals surface area contributed by atoms with Crippen LogP contribution in [0.25, 0.3) is 11.0 Å². The molecule has 1 heterocycles. The summed E-state index contributed by atoms with van der Waals surface area (Å²) in [5, 5.41) is 0. The highest BCUT2D eigenvalue weighted by atomic mass is 79.9. The van der Waals surface area contributed by atoms with Crippen molar-refractivity contribution in [2.45, 2.75) is 32.7 Å². The van der Waals surface area contributed by atoms with Crippen LogP contribution in [0.3, 0.4) is 0 Å². The smallest absolute Gasteiger partial charge is 0.129 e. The molecule has 0 atom stereocenters. The van der Waals surface area contributed by atoms with Crippen molar-refractivity contribution < 1.29 is 4.39 Å². The number of unbranched alkanes of at least 4 members (excludes halogenated alkanes) is 1. The van der Waals surface area contributed by atoms with Gasteiger partial charge in [0.15, 0.2) is 0 Å². The molecule has 0 fully saturated rings. The van der Waals surface area contributed by atoms with E-state index in [0.717, 1.165) is 40.6 Å². The Morgan fingerprint density at radius 3 is 2.77 bits per heavy atom. The highest BCUT2D eigenvalue weighted by Crippen LogP contribution is 2.22.